The molecule has 0 saturated carbocycles. The molecule has 0 aliphatic carbocycles. The lowest BCUT2D eigenvalue weighted by Gasteiger charge is -2.04. The quantitative estimate of drug-likeness (QED) is 0.860. The van der Waals surface area contributed by atoms with Crippen LogP contribution < -0.4 is 10.6 Å². The van der Waals surface area contributed by atoms with Crippen LogP contribution in [0.15, 0.2) is 23.6 Å². The number of nitrogens with two attached hydrogens (primary N) is 1. The molecule has 0 bridgehead atoms. The van der Waals surface area contributed by atoms with E-state index in [1.165, 1.54) is 11.3 Å². The highest BCUT2D eigenvalue weighted by molar-refractivity contribution is 7.09. The smallest absolute Gasteiger partial charge is 0.140 e. The second-order valence-electron chi connectivity index (χ2n) is 3.41. The van der Waals surface area contributed by atoms with E-state index in [1.807, 2.05) is 5.38 Å². The Morgan fingerprint density at radius 3 is 2.78 bits per heavy atom. The molecule has 1 aromatic heterocycles. The number of hydrogen-bond acceptors (Lipinski definition) is 5. The third-order valence-electron chi connectivity index (χ3n) is 2.08. The van der Waals surface area contributed by atoms with Crippen LogP contribution in [0.25, 0.3) is 0 Å². The molecule has 0 atom stereocenters. The predicted molar refractivity (Wildman–Crippen MR) is 71.9 cm³/mol. The van der Waals surface area contributed by atoms with Gasteiger partial charge in [-0.15, -0.1) is 11.3 Å². The number of aromatic nitrogens is 1. The predicted octanol–water partition coefficient (Wildman–Crippen LogP) is 3.42. The number of ether oxygens (including phenoxy) is 1. The van der Waals surface area contributed by atoms with Gasteiger partial charge in [-0.2, -0.15) is 0 Å². The van der Waals surface area contributed by atoms with Crippen LogP contribution in [0, 0.1) is 0 Å². The second-order valence-corrected chi connectivity index (χ2v) is 5.17. The first-order valence-corrected chi connectivity index (χ1v) is 6.65. The first-order valence-electron chi connectivity index (χ1n) is 5.02. The molecule has 1 aromatic carbocycles. The Labute approximate surface area is 118 Å². The zero-order valence-electron chi connectivity index (χ0n) is 9.23. The van der Waals surface area contributed by atoms with Gasteiger partial charge in [-0.1, -0.05) is 23.2 Å². The molecule has 0 unspecified atom stereocenters. The molecule has 2 aromatic rings. The molecule has 0 radical (unpaired) electrons. The fourth-order valence-corrected chi connectivity index (χ4v) is 2.26. The first kappa shape index (κ1) is 13.6. The number of halogens is 2. The van der Waals surface area contributed by atoms with Crippen molar-refractivity contribution >= 4 is 34.5 Å². The summed E-state index contributed by atoms with van der Waals surface area (Å²) in [6.07, 6.45) is 0. The molecule has 2 rings (SSSR count). The number of rotatable bonds is 5. The molecule has 2 N–H and O–H groups in total. The van der Waals surface area contributed by atoms with Crippen molar-refractivity contribution in [2.45, 2.75) is 13.2 Å². The van der Waals surface area contributed by atoms with Crippen molar-refractivity contribution in [3.8, 4) is 5.75 Å². The van der Waals surface area contributed by atoms with Crippen LogP contribution in [-0.2, 0) is 18.1 Å². The van der Waals surface area contributed by atoms with Crippen molar-refractivity contribution in [1.82, 2.24) is 4.98 Å². The lowest BCUT2D eigenvalue weighted by atomic mass is 10.3. The van der Waals surface area contributed by atoms with Gasteiger partial charge in [0.25, 0.3) is 0 Å². The highest BCUT2D eigenvalue weighted by atomic mass is 35.5. The van der Waals surface area contributed by atoms with Gasteiger partial charge < -0.3 is 4.74 Å². The standard InChI is InChI=1S/C11H10Cl2N2O2S/c12-9-2-1-8(3-10(9)13)16-5-11-15-7(4-17-14)6-18-11/h1-3,6H,4-5,14H2. The number of nitrogens with zero attached hydrogens (tertiary/aromatic N) is 1. The van der Waals surface area contributed by atoms with Gasteiger partial charge in [0.1, 0.15) is 24.0 Å². The van der Waals surface area contributed by atoms with E-state index in [1.54, 1.807) is 18.2 Å². The molecule has 1 heterocycles. The van der Waals surface area contributed by atoms with E-state index >= 15 is 0 Å². The van der Waals surface area contributed by atoms with Gasteiger partial charge in [0.15, 0.2) is 0 Å². The molecule has 4 nitrogen and oxygen atoms in total. The third kappa shape index (κ3) is 3.57. The van der Waals surface area contributed by atoms with Crippen LogP contribution >= 0.6 is 34.5 Å². The fourth-order valence-electron chi connectivity index (χ4n) is 1.28. The Morgan fingerprint density at radius 1 is 1.22 bits per heavy atom. The average Bonchev–Trinajstić information content (AvgIpc) is 2.79. The van der Waals surface area contributed by atoms with Gasteiger partial charge in [0.05, 0.1) is 15.7 Å². The van der Waals surface area contributed by atoms with Crippen molar-refractivity contribution in [1.29, 1.82) is 0 Å². The van der Waals surface area contributed by atoms with Crippen molar-refractivity contribution in [3.05, 3.63) is 44.3 Å². The summed E-state index contributed by atoms with van der Waals surface area (Å²) in [6.45, 7) is 0.663. The van der Waals surface area contributed by atoms with Gasteiger partial charge in [0, 0.05) is 11.4 Å². The van der Waals surface area contributed by atoms with Crippen LogP contribution in [0.3, 0.4) is 0 Å². The summed E-state index contributed by atoms with van der Waals surface area (Å²) >= 11 is 13.2. The minimum absolute atomic E-state index is 0.295. The normalized spacial score (nSPS) is 10.6. The maximum Gasteiger partial charge on any atom is 0.140 e. The molecular formula is C11H10Cl2N2O2S. The monoisotopic (exact) mass is 304 g/mol. The van der Waals surface area contributed by atoms with Crippen molar-refractivity contribution in [2.75, 3.05) is 0 Å². The highest BCUT2D eigenvalue weighted by Crippen LogP contribution is 2.27. The summed E-state index contributed by atoms with van der Waals surface area (Å²) in [5, 5.41) is 3.68. The summed E-state index contributed by atoms with van der Waals surface area (Å²) in [5.74, 6) is 5.62. The molecule has 0 amide bonds. The zero-order chi connectivity index (χ0) is 13.0. The van der Waals surface area contributed by atoms with Crippen molar-refractivity contribution in [2.24, 2.45) is 5.90 Å². The van der Waals surface area contributed by atoms with Crippen LogP contribution in [0.1, 0.15) is 10.7 Å². The Morgan fingerprint density at radius 2 is 2.06 bits per heavy atom. The number of benzene rings is 1. The lowest BCUT2D eigenvalue weighted by Crippen LogP contribution is -2.00. The van der Waals surface area contributed by atoms with E-state index in [9.17, 15) is 0 Å². The molecule has 96 valence electrons. The topological polar surface area (TPSA) is 57.4 Å². The van der Waals surface area contributed by atoms with Crippen LogP contribution in [-0.4, -0.2) is 4.98 Å². The van der Waals surface area contributed by atoms with Crippen LogP contribution in [0.4, 0.5) is 0 Å². The summed E-state index contributed by atoms with van der Waals surface area (Å²) in [5.41, 5.74) is 0.787. The van der Waals surface area contributed by atoms with Gasteiger partial charge >= 0.3 is 0 Å². The SMILES string of the molecule is NOCc1csc(COc2ccc(Cl)c(Cl)c2)n1. The largest absolute Gasteiger partial charge is 0.486 e. The zero-order valence-corrected chi connectivity index (χ0v) is 11.6. The minimum Gasteiger partial charge on any atom is -0.486 e. The maximum absolute atomic E-state index is 5.89. The van der Waals surface area contributed by atoms with Gasteiger partial charge in [-0.3, -0.25) is 4.84 Å². The van der Waals surface area contributed by atoms with Crippen LogP contribution in [0.5, 0.6) is 5.75 Å². The lowest BCUT2D eigenvalue weighted by molar-refractivity contribution is 0.121. The summed E-state index contributed by atoms with van der Waals surface area (Å²) < 4.78 is 5.55. The molecule has 0 aliphatic heterocycles. The van der Waals surface area contributed by atoms with Crippen molar-refractivity contribution in [3.63, 3.8) is 0 Å². The third-order valence-corrected chi connectivity index (χ3v) is 3.69. The average molecular weight is 305 g/mol. The van der Waals surface area contributed by atoms with E-state index in [0.717, 1.165) is 10.7 Å². The van der Waals surface area contributed by atoms with Gasteiger partial charge in [-0.25, -0.2) is 10.9 Å². The molecular weight excluding hydrogens is 295 g/mol. The van der Waals surface area contributed by atoms with E-state index in [4.69, 9.17) is 33.8 Å². The Bertz CT molecular complexity index is 534. The Balaban J connectivity index is 1.95. The Kier molecular flexibility index (Phi) is 4.79. The second kappa shape index (κ2) is 6.36. The van der Waals surface area contributed by atoms with E-state index in [2.05, 4.69) is 9.82 Å². The summed E-state index contributed by atoms with van der Waals surface area (Å²) in [4.78, 5) is 8.79. The first-order chi connectivity index (χ1) is 8.69. The number of hydrogen-bond donors (Lipinski definition) is 1. The molecule has 0 saturated heterocycles. The molecule has 18 heavy (non-hydrogen) atoms. The molecule has 0 spiro atoms. The highest BCUT2D eigenvalue weighted by Gasteiger charge is 2.04. The van der Waals surface area contributed by atoms with E-state index < -0.39 is 0 Å². The van der Waals surface area contributed by atoms with E-state index in [-0.39, 0.29) is 0 Å². The summed E-state index contributed by atoms with van der Waals surface area (Å²) in [6, 6.07) is 5.11. The van der Waals surface area contributed by atoms with Gasteiger partial charge in [0.2, 0.25) is 0 Å². The summed E-state index contributed by atoms with van der Waals surface area (Å²) in [7, 11) is 0. The number of thiazole rings is 1. The molecule has 0 aliphatic rings. The Hall–Kier alpha value is -0.850. The van der Waals surface area contributed by atoms with Crippen molar-refractivity contribution < 1.29 is 9.57 Å². The molecule has 0 fully saturated rings. The fraction of sp³-hybridized carbons (Fsp3) is 0.182. The maximum atomic E-state index is 5.89. The molecule has 7 heteroatoms. The van der Waals surface area contributed by atoms with Gasteiger partial charge in [-0.05, 0) is 12.1 Å². The van der Waals surface area contributed by atoms with E-state index in [0.29, 0.717) is 29.0 Å². The van der Waals surface area contributed by atoms with Crippen LogP contribution in [0.2, 0.25) is 10.0 Å². The minimum atomic E-state index is 0.295.